The van der Waals surface area contributed by atoms with Gasteiger partial charge >= 0.3 is 0 Å². The summed E-state index contributed by atoms with van der Waals surface area (Å²) >= 11 is 5.84. The smallest absolute Gasteiger partial charge is 0.150 e. The van der Waals surface area contributed by atoms with Gasteiger partial charge in [-0.2, -0.15) is 0 Å². The summed E-state index contributed by atoms with van der Waals surface area (Å²) in [7, 11) is 0. The zero-order valence-electron chi connectivity index (χ0n) is 6.90. The average Bonchev–Trinajstić information content (AvgIpc) is 2.17. The molecule has 0 aliphatic rings. The summed E-state index contributed by atoms with van der Waals surface area (Å²) in [5, 5.41) is 9.11. The second-order valence-corrected chi connectivity index (χ2v) is 2.89. The third-order valence-electron chi connectivity index (χ3n) is 1.56. The van der Waals surface area contributed by atoms with E-state index in [9.17, 15) is 4.79 Å². The second kappa shape index (κ2) is 4.80. The molecule has 0 spiro atoms. The normalized spacial score (nSPS) is 10.6. The molecule has 0 unspecified atom stereocenters. The predicted octanol–water partition coefficient (Wildman–Crippen LogP) is 2.16. The van der Waals surface area contributed by atoms with Gasteiger partial charge in [0.05, 0.1) is 6.61 Å². The second-order valence-electron chi connectivity index (χ2n) is 2.48. The molecule has 13 heavy (non-hydrogen) atoms. The molecule has 0 aliphatic heterocycles. The Morgan fingerprint density at radius 2 is 2.23 bits per heavy atom. The average molecular weight is 197 g/mol. The number of hydrogen-bond acceptors (Lipinski definition) is 2. The molecule has 1 aromatic carbocycles. The van der Waals surface area contributed by atoms with E-state index in [4.69, 9.17) is 16.7 Å². The number of aliphatic hydroxyl groups is 1. The Morgan fingerprint density at radius 3 is 2.85 bits per heavy atom. The monoisotopic (exact) mass is 196 g/mol. The highest BCUT2D eigenvalue weighted by Crippen LogP contribution is 2.18. The van der Waals surface area contributed by atoms with Crippen LogP contribution in [0.4, 0.5) is 0 Å². The largest absolute Gasteiger partial charge is 0.392 e. The lowest BCUT2D eigenvalue weighted by Gasteiger charge is -1.98. The molecule has 3 heteroatoms. The van der Waals surface area contributed by atoms with Crippen molar-refractivity contribution < 1.29 is 9.90 Å². The molecule has 0 fully saturated rings. The number of benzene rings is 1. The topological polar surface area (TPSA) is 37.3 Å². The van der Waals surface area contributed by atoms with Gasteiger partial charge in [0.15, 0.2) is 0 Å². The highest BCUT2D eigenvalue weighted by atomic mass is 35.5. The van der Waals surface area contributed by atoms with Crippen LogP contribution in [0.3, 0.4) is 0 Å². The molecule has 0 radical (unpaired) electrons. The maximum absolute atomic E-state index is 10.4. The van der Waals surface area contributed by atoms with Gasteiger partial charge in [0, 0.05) is 10.6 Å². The van der Waals surface area contributed by atoms with Crippen LogP contribution in [0.1, 0.15) is 15.9 Å². The van der Waals surface area contributed by atoms with Crippen molar-refractivity contribution in [3.63, 3.8) is 0 Å². The van der Waals surface area contributed by atoms with Crippen LogP contribution >= 0.6 is 11.6 Å². The van der Waals surface area contributed by atoms with Gasteiger partial charge in [-0.1, -0.05) is 29.8 Å². The first kappa shape index (κ1) is 9.96. The van der Waals surface area contributed by atoms with E-state index in [2.05, 4.69) is 0 Å². The Labute approximate surface area is 81.5 Å². The molecule has 1 aromatic rings. The molecule has 1 rings (SSSR count). The third-order valence-corrected chi connectivity index (χ3v) is 1.90. The number of rotatable bonds is 3. The molecule has 68 valence electrons. The lowest BCUT2D eigenvalue weighted by atomic mass is 10.1. The fraction of sp³-hybridized carbons (Fsp3) is 0.100. The van der Waals surface area contributed by atoms with Crippen molar-refractivity contribution >= 4 is 24.0 Å². The summed E-state index contributed by atoms with van der Waals surface area (Å²) in [5.74, 6) is 0. The van der Waals surface area contributed by atoms with Crippen LogP contribution < -0.4 is 0 Å². The Bertz CT molecular complexity index is 332. The van der Waals surface area contributed by atoms with Crippen LogP contribution in [0.15, 0.2) is 24.3 Å². The van der Waals surface area contributed by atoms with Crippen LogP contribution in [-0.2, 0) is 0 Å². The van der Waals surface area contributed by atoms with E-state index in [1.165, 1.54) is 0 Å². The lowest BCUT2D eigenvalue weighted by Crippen LogP contribution is -1.82. The van der Waals surface area contributed by atoms with Crippen LogP contribution in [0.2, 0.25) is 5.02 Å². The molecule has 0 aromatic heterocycles. The van der Waals surface area contributed by atoms with Gasteiger partial charge in [0.2, 0.25) is 0 Å². The molecule has 0 heterocycles. The summed E-state index contributed by atoms with van der Waals surface area (Å²) in [6.45, 7) is -0.0400. The summed E-state index contributed by atoms with van der Waals surface area (Å²) in [6, 6.07) is 4.97. The van der Waals surface area contributed by atoms with Crippen LogP contribution in [0, 0.1) is 0 Å². The zero-order valence-corrected chi connectivity index (χ0v) is 7.66. The Hall–Kier alpha value is -1.12. The maximum Gasteiger partial charge on any atom is 0.150 e. The third kappa shape index (κ3) is 2.68. The number of halogens is 1. The van der Waals surface area contributed by atoms with Crippen molar-refractivity contribution in [1.82, 2.24) is 0 Å². The highest BCUT2D eigenvalue weighted by Gasteiger charge is 1.97. The Kier molecular flexibility index (Phi) is 3.68. The van der Waals surface area contributed by atoms with Crippen molar-refractivity contribution in [2.45, 2.75) is 0 Å². The minimum atomic E-state index is -0.0400. The molecular weight excluding hydrogens is 188 g/mol. The summed E-state index contributed by atoms with van der Waals surface area (Å²) in [5.41, 5.74) is 1.31. The van der Waals surface area contributed by atoms with Crippen molar-refractivity contribution in [2.75, 3.05) is 6.61 Å². The van der Waals surface area contributed by atoms with E-state index in [0.717, 1.165) is 11.8 Å². The Morgan fingerprint density at radius 1 is 1.46 bits per heavy atom. The zero-order chi connectivity index (χ0) is 9.68. The summed E-state index contributed by atoms with van der Waals surface area (Å²) in [4.78, 5) is 10.4. The molecule has 0 bridgehead atoms. The van der Waals surface area contributed by atoms with Crippen LogP contribution in [0.25, 0.3) is 6.08 Å². The van der Waals surface area contributed by atoms with Crippen LogP contribution in [-0.4, -0.2) is 18.0 Å². The lowest BCUT2D eigenvalue weighted by molar-refractivity contribution is 0.112. The molecule has 1 N–H and O–H groups in total. The van der Waals surface area contributed by atoms with Crippen molar-refractivity contribution in [3.8, 4) is 0 Å². The van der Waals surface area contributed by atoms with Crippen molar-refractivity contribution in [3.05, 3.63) is 40.4 Å². The van der Waals surface area contributed by atoms with E-state index in [1.807, 2.05) is 0 Å². The van der Waals surface area contributed by atoms with Gasteiger partial charge in [-0.15, -0.1) is 0 Å². The predicted molar refractivity (Wildman–Crippen MR) is 53.0 cm³/mol. The SMILES string of the molecule is O=Cc1ccc(Cl)c(C=CCO)c1. The fourth-order valence-corrected chi connectivity index (χ4v) is 1.12. The van der Waals surface area contributed by atoms with Crippen molar-refractivity contribution in [2.24, 2.45) is 0 Å². The summed E-state index contributed by atoms with van der Waals surface area (Å²) < 4.78 is 0. The van der Waals surface area contributed by atoms with Gasteiger partial charge in [0.1, 0.15) is 6.29 Å². The fourth-order valence-electron chi connectivity index (χ4n) is 0.943. The molecule has 0 saturated heterocycles. The standard InChI is InChI=1S/C10H9ClO2/c11-10-4-3-8(7-13)6-9(10)2-1-5-12/h1-4,6-7,12H,5H2. The Balaban J connectivity index is 3.03. The first-order valence-corrected chi connectivity index (χ1v) is 4.18. The van der Waals surface area contributed by atoms with E-state index in [0.29, 0.717) is 10.6 Å². The quantitative estimate of drug-likeness (QED) is 0.753. The number of carbonyl (C=O) groups is 1. The number of hydrogen-bond donors (Lipinski definition) is 1. The van der Waals surface area contributed by atoms with Gasteiger partial charge in [-0.3, -0.25) is 4.79 Å². The summed E-state index contributed by atoms with van der Waals surface area (Å²) in [6.07, 6.45) is 4.00. The first-order valence-electron chi connectivity index (χ1n) is 3.80. The highest BCUT2D eigenvalue weighted by molar-refractivity contribution is 6.32. The molecule has 0 amide bonds. The van der Waals surface area contributed by atoms with E-state index >= 15 is 0 Å². The van der Waals surface area contributed by atoms with Crippen LogP contribution in [0.5, 0.6) is 0 Å². The maximum atomic E-state index is 10.4. The molecule has 0 atom stereocenters. The van der Waals surface area contributed by atoms with Gasteiger partial charge in [-0.25, -0.2) is 0 Å². The first-order chi connectivity index (χ1) is 6.27. The number of aliphatic hydroxyl groups excluding tert-OH is 1. The van der Waals surface area contributed by atoms with Gasteiger partial charge < -0.3 is 5.11 Å². The number of aldehydes is 1. The van der Waals surface area contributed by atoms with Gasteiger partial charge in [0.25, 0.3) is 0 Å². The molecular formula is C10H9ClO2. The number of carbonyl (C=O) groups excluding carboxylic acids is 1. The minimum absolute atomic E-state index is 0.0400. The van der Waals surface area contributed by atoms with E-state index in [-0.39, 0.29) is 6.61 Å². The van der Waals surface area contributed by atoms with Gasteiger partial charge in [-0.05, 0) is 17.7 Å². The molecule has 0 aliphatic carbocycles. The molecule has 0 saturated carbocycles. The van der Waals surface area contributed by atoms with E-state index < -0.39 is 0 Å². The van der Waals surface area contributed by atoms with Crippen molar-refractivity contribution in [1.29, 1.82) is 0 Å². The minimum Gasteiger partial charge on any atom is -0.392 e. The van der Waals surface area contributed by atoms with E-state index in [1.54, 1.807) is 30.4 Å². The molecule has 2 nitrogen and oxygen atoms in total.